The average Bonchev–Trinajstić information content (AvgIpc) is 3.34. The van der Waals surface area contributed by atoms with Gasteiger partial charge in [0.15, 0.2) is 0 Å². The van der Waals surface area contributed by atoms with Gasteiger partial charge >= 0.3 is 6.03 Å². The zero-order valence-electron chi connectivity index (χ0n) is 24.1. The van der Waals surface area contributed by atoms with Crippen molar-refractivity contribution in [2.45, 2.75) is 33.1 Å². The molecule has 2 N–H and O–H groups in total. The van der Waals surface area contributed by atoms with Gasteiger partial charge in [-0.05, 0) is 61.8 Å². The topological polar surface area (TPSA) is 97.9 Å². The molecule has 4 amide bonds. The molecule has 0 radical (unpaired) electrons. The summed E-state index contributed by atoms with van der Waals surface area (Å²) in [7, 11) is 3.73. The number of benzene rings is 1. The molecule has 1 saturated heterocycles. The van der Waals surface area contributed by atoms with Crippen LogP contribution in [0.4, 0.5) is 15.5 Å². The van der Waals surface area contributed by atoms with Crippen molar-refractivity contribution in [3.8, 4) is 11.1 Å². The molecule has 0 atom stereocenters. The van der Waals surface area contributed by atoms with E-state index in [1.807, 2.05) is 62.3 Å². The van der Waals surface area contributed by atoms with Gasteiger partial charge in [-0.15, -0.1) is 11.3 Å². The number of anilines is 2. The molecule has 9 nitrogen and oxygen atoms in total. The summed E-state index contributed by atoms with van der Waals surface area (Å²) in [5.74, 6) is -0.0829. The van der Waals surface area contributed by atoms with E-state index in [2.05, 4.69) is 36.4 Å². The van der Waals surface area contributed by atoms with E-state index in [1.165, 1.54) is 11.3 Å². The fourth-order valence-corrected chi connectivity index (χ4v) is 5.61. The monoisotopic (exact) mass is 562 g/mol. The SMILES string of the molecule is Cc1ccc(NC(=O)Nc2sc(C(C)(C)C)cc2C(=O)N2CCN(C(=O)CN(C)C)CC2)cc1-c1cccnc1. The summed E-state index contributed by atoms with van der Waals surface area (Å²) in [4.78, 5) is 49.8. The summed E-state index contributed by atoms with van der Waals surface area (Å²) in [6, 6.07) is 11.1. The molecule has 2 aromatic heterocycles. The van der Waals surface area contributed by atoms with Crippen molar-refractivity contribution >= 4 is 39.9 Å². The molecule has 3 aromatic rings. The second kappa shape index (κ2) is 12.2. The Morgan fingerprint density at radius 3 is 2.33 bits per heavy atom. The maximum Gasteiger partial charge on any atom is 0.324 e. The lowest BCUT2D eigenvalue weighted by Gasteiger charge is -2.35. The Morgan fingerprint density at radius 2 is 1.70 bits per heavy atom. The summed E-state index contributed by atoms with van der Waals surface area (Å²) < 4.78 is 0. The van der Waals surface area contributed by atoms with Gasteiger partial charge in [0.2, 0.25) is 5.91 Å². The van der Waals surface area contributed by atoms with E-state index >= 15 is 0 Å². The number of carbonyl (C=O) groups is 3. The fourth-order valence-electron chi connectivity index (χ4n) is 4.51. The molecule has 40 heavy (non-hydrogen) atoms. The van der Waals surface area contributed by atoms with Crippen molar-refractivity contribution < 1.29 is 14.4 Å². The molecule has 4 rings (SSSR count). The van der Waals surface area contributed by atoms with Gasteiger partial charge in [0.25, 0.3) is 5.91 Å². The first-order valence-corrected chi connectivity index (χ1v) is 14.2. The van der Waals surface area contributed by atoms with E-state index in [-0.39, 0.29) is 17.2 Å². The summed E-state index contributed by atoms with van der Waals surface area (Å²) in [6.45, 7) is 10.5. The number of amides is 4. The first-order chi connectivity index (χ1) is 18.9. The van der Waals surface area contributed by atoms with Crippen LogP contribution in [-0.4, -0.2) is 84.3 Å². The number of nitrogens with zero attached hydrogens (tertiary/aromatic N) is 4. The highest BCUT2D eigenvalue weighted by atomic mass is 32.1. The molecule has 0 unspecified atom stereocenters. The molecule has 10 heteroatoms. The van der Waals surface area contributed by atoms with Crippen LogP contribution in [0, 0.1) is 6.92 Å². The maximum absolute atomic E-state index is 13.6. The molecular weight excluding hydrogens is 524 g/mol. The van der Waals surface area contributed by atoms with Gasteiger partial charge in [-0.3, -0.25) is 19.9 Å². The van der Waals surface area contributed by atoms with E-state index in [0.29, 0.717) is 49.0 Å². The molecule has 1 aliphatic rings. The lowest BCUT2D eigenvalue weighted by Crippen LogP contribution is -2.52. The van der Waals surface area contributed by atoms with Gasteiger partial charge in [0, 0.05) is 54.7 Å². The Bertz CT molecular complexity index is 1370. The summed E-state index contributed by atoms with van der Waals surface area (Å²) in [5, 5.41) is 6.36. The average molecular weight is 563 g/mol. The fraction of sp³-hybridized carbons (Fsp3) is 0.400. The highest BCUT2D eigenvalue weighted by Crippen LogP contribution is 2.37. The molecule has 3 heterocycles. The van der Waals surface area contributed by atoms with Crippen molar-refractivity contribution in [2.24, 2.45) is 0 Å². The quantitative estimate of drug-likeness (QED) is 0.445. The second-order valence-electron chi connectivity index (χ2n) is 11.4. The number of likely N-dealkylation sites (N-methyl/N-ethyl adjacent to an activating group) is 1. The number of thiophene rings is 1. The van der Waals surface area contributed by atoms with Crippen molar-refractivity contribution in [2.75, 3.05) is 57.5 Å². The Hall–Kier alpha value is -3.76. The van der Waals surface area contributed by atoms with Gasteiger partial charge in [-0.2, -0.15) is 0 Å². The first kappa shape index (κ1) is 29.2. The maximum atomic E-state index is 13.6. The molecule has 212 valence electrons. The molecule has 1 aliphatic heterocycles. The third-order valence-corrected chi connectivity index (χ3v) is 8.24. The molecular formula is C30H38N6O3S. The van der Waals surface area contributed by atoms with Crippen LogP contribution in [-0.2, 0) is 10.2 Å². The second-order valence-corrected chi connectivity index (χ2v) is 12.4. The number of piperazine rings is 1. The Morgan fingerprint density at radius 1 is 1.00 bits per heavy atom. The van der Waals surface area contributed by atoms with Crippen LogP contribution >= 0.6 is 11.3 Å². The number of aromatic nitrogens is 1. The number of aryl methyl sites for hydroxylation is 1. The standard InChI is InChI=1S/C30H38N6O3S/c1-20-9-10-22(16-23(20)21-8-7-11-31-18-21)32-29(39)33-27-24(17-25(40-27)30(2,3)4)28(38)36-14-12-35(13-15-36)26(37)19-34(5)6/h7-11,16-18H,12-15,19H2,1-6H3,(H2,32,33,39). The molecule has 1 aromatic carbocycles. The van der Waals surface area contributed by atoms with E-state index in [0.717, 1.165) is 21.6 Å². The van der Waals surface area contributed by atoms with Crippen LogP contribution in [0.1, 0.15) is 41.6 Å². The van der Waals surface area contributed by atoms with Crippen LogP contribution in [0.3, 0.4) is 0 Å². The number of hydrogen-bond donors (Lipinski definition) is 2. The minimum absolute atomic E-state index is 0.0597. The third-order valence-electron chi connectivity index (χ3n) is 6.77. The Balaban J connectivity index is 1.49. The van der Waals surface area contributed by atoms with Crippen LogP contribution in [0.25, 0.3) is 11.1 Å². The Kier molecular flexibility index (Phi) is 8.90. The molecule has 0 spiro atoms. The number of rotatable bonds is 6. The highest BCUT2D eigenvalue weighted by molar-refractivity contribution is 7.16. The molecule has 1 fully saturated rings. The zero-order valence-corrected chi connectivity index (χ0v) is 24.9. The molecule has 0 saturated carbocycles. The number of hydrogen-bond acceptors (Lipinski definition) is 6. The van der Waals surface area contributed by atoms with E-state index in [1.54, 1.807) is 22.2 Å². The third kappa shape index (κ3) is 7.05. The smallest absolute Gasteiger partial charge is 0.324 e. The van der Waals surface area contributed by atoms with Crippen LogP contribution < -0.4 is 10.6 Å². The predicted molar refractivity (Wildman–Crippen MR) is 161 cm³/mol. The first-order valence-electron chi connectivity index (χ1n) is 13.4. The lowest BCUT2D eigenvalue weighted by atomic mass is 9.94. The van der Waals surface area contributed by atoms with E-state index < -0.39 is 6.03 Å². The van der Waals surface area contributed by atoms with Crippen molar-refractivity contribution in [3.63, 3.8) is 0 Å². The summed E-state index contributed by atoms with van der Waals surface area (Å²) in [5.41, 5.74) is 3.94. The van der Waals surface area contributed by atoms with Crippen molar-refractivity contribution in [3.05, 3.63) is 64.8 Å². The minimum atomic E-state index is -0.420. The van der Waals surface area contributed by atoms with Gasteiger partial charge in [-0.1, -0.05) is 32.9 Å². The van der Waals surface area contributed by atoms with Crippen molar-refractivity contribution in [1.82, 2.24) is 19.7 Å². The number of carbonyl (C=O) groups excluding carboxylic acids is 3. The van der Waals surface area contributed by atoms with E-state index in [4.69, 9.17) is 0 Å². The van der Waals surface area contributed by atoms with Crippen LogP contribution in [0.15, 0.2) is 48.8 Å². The van der Waals surface area contributed by atoms with Gasteiger partial charge in [-0.25, -0.2) is 4.79 Å². The number of nitrogens with one attached hydrogen (secondary N) is 2. The molecule has 0 bridgehead atoms. The zero-order chi connectivity index (χ0) is 29.0. The molecule has 0 aliphatic carbocycles. The summed E-state index contributed by atoms with van der Waals surface area (Å²) >= 11 is 1.41. The van der Waals surface area contributed by atoms with Gasteiger partial charge in [0.1, 0.15) is 5.00 Å². The van der Waals surface area contributed by atoms with Gasteiger partial charge < -0.3 is 20.0 Å². The van der Waals surface area contributed by atoms with Crippen LogP contribution in [0.2, 0.25) is 0 Å². The highest BCUT2D eigenvalue weighted by Gasteiger charge is 2.30. The Labute approximate surface area is 240 Å². The largest absolute Gasteiger partial charge is 0.338 e. The van der Waals surface area contributed by atoms with Crippen molar-refractivity contribution in [1.29, 1.82) is 0 Å². The normalized spacial score (nSPS) is 13.9. The minimum Gasteiger partial charge on any atom is -0.338 e. The van der Waals surface area contributed by atoms with Gasteiger partial charge in [0.05, 0.1) is 12.1 Å². The van der Waals surface area contributed by atoms with E-state index in [9.17, 15) is 14.4 Å². The summed E-state index contributed by atoms with van der Waals surface area (Å²) in [6.07, 6.45) is 3.52. The lowest BCUT2D eigenvalue weighted by molar-refractivity contribution is -0.133. The number of pyridine rings is 1. The van der Waals surface area contributed by atoms with Crippen LogP contribution in [0.5, 0.6) is 0 Å². The number of urea groups is 1. The predicted octanol–water partition coefficient (Wildman–Crippen LogP) is 4.91.